The van der Waals surface area contributed by atoms with Crippen molar-refractivity contribution in [1.29, 1.82) is 10.5 Å². The van der Waals surface area contributed by atoms with E-state index in [1.165, 1.54) is 0 Å². The largest absolute Gasteiger partial charge is 0.318 e. The number of rotatable bonds is 4. The van der Waals surface area contributed by atoms with Gasteiger partial charge in [0.2, 0.25) is 5.69 Å². The molecule has 0 fully saturated rings. The van der Waals surface area contributed by atoms with E-state index in [-0.39, 0.29) is 0 Å². The molecule has 0 aliphatic carbocycles. The molecule has 0 N–H and O–H groups in total. The molecule has 0 amide bonds. The number of aromatic nitrogens is 2. The quantitative estimate of drug-likeness (QED) is 0.181. The standard InChI is InChI=1S/C45H25N5/c1-48-40-16-9-15-37(45(40)50-42-18-6-2-12-34(42)35-13-3-7-19-43(35)50)38-24-29(27-46)20-22-33(38)31-10-8-11-32(26-31)49-41-17-5-4-14-36(41)39-25-30(28-47)21-23-44(39)49/h2-26H. The first kappa shape index (κ1) is 28.8. The van der Waals surface area contributed by atoms with Crippen molar-refractivity contribution in [3.63, 3.8) is 0 Å². The first-order valence-electron chi connectivity index (χ1n) is 16.3. The van der Waals surface area contributed by atoms with Crippen molar-refractivity contribution in [2.45, 2.75) is 0 Å². The molecule has 0 unspecified atom stereocenters. The lowest BCUT2D eigenvalue weighted by Gasteiger charge is -2.19. The van der Waals surface area contributed by atoms with Crippen molar-refractivity contribution in [2.24, 2.45) is 0 Å². The Balaban J connectivity index is 1.31. The van der Waals surface area contributed by atoms with Gasteiger partial charge in [0.25, 0.3) is 0 Å². The Morgan fingerprint density at radius 1 is 0.460 bits per heavy atom. The van der Waals surface area contributed by atoms with Gasteiger partial charge in [-0.25, -0.2) is 4.85 Å². The number of hydrogen-bond acceptors (Lipinski definition) is 2. The molecule has 9 rings (SSSR count). The number of benzene rings is 7. The Kier molecular flexibility index (Phi) is 6.56. The van der Waals surface area contributed by atoms with Crippen molar-refractivity contribution in [2.75, 3.05) is 0 Å². The minimum atomic E-state index is 0.526. The second-order valence-electron chi connectivity index (χ2n) is 12.3. The minimum absolute atomic E-state index is 0.526. The zero-order chi connectivity index (χ0) is 33.8. The van der Waals surface area contributed by atoms with E-state index < -0.39 is 0 Å². The van der Waals surface area contributed by atoms with Crippen LogP contribution in [0.4, 0.5) is 5.69 Å². The molecule has 0 saturated heterocycles. The molecule has 5 heteroatoms. The van der Waals surface area contributed by atoms with Gasteiger partial charge in [0.15, 0.2) is 0 Å². The van der Waals surface area contributed by atoms with Gasteiger partial charge in [-0.05, 0) is 82.9 Å². The maximum atomic E-state index is 10.1. The molecule has 2 heterocycles. The summed E-state index contributed by atoms with van der Waals surface area (Å²) in [6, 6.07) is 55.4. The van der Waals surface area contributed by atoms with E-state index in [9.17, 15) is 10.5 Å². The molecule has 0 aliphatic rings. The van der Waals surface area contributed by atoms with Crippen LogP contribution in [0.2, 0.25) is 0 Å². The summed E-state index contributed by atoms with van der Waals surface area (Å²) in [4.78, 5) is 4.03. The summed E-state index contributed by atoms with van der Waals surface area (Å²) in [6.45, 7) is 8.26. The van der Waals surface area contributed by atoms with Gasteiger partial charge in [-0.1, -0.05) is 91.0 Å². The van der Waals surface area contributed by atoms with Crippen LogP contribution in [0.3, 0.4) is 0 Å². The predicted octanol–water partition coefficient (Wildman–Crippen LogP) is 11.5. The van der Waals surface area contributed by atoms with E-state index in [0.717, 1.165) is 77.2 Å². The van der Waals surface area contributed by atoms with E-state index >= 15 is 0 Å². The second kappa shape index (κ2) is 11.4. The fraction of sp³-hybridized carbons (Fsp3) is 0. The van der Waals surface area contributed by atoms with Crippen molar-refractivity contribution in [3.05, 3.63) is 174 Å². The molecule has 0 aliphatic heterocycles. The predicted molar refractivity (Wildman–Crippen MR) is 202 cm³/mol. The number of fused-ring (bicyclic) bond motifs is 6. The first-order valence-corrected chi connectivity index (χ1v) is 16.3. The molecule has 9 aromatic rings. The van der Waals surface area contributed by atoms with Crippen molar-refractivity contribution >= 4 is 49.3 Å². The van der Waals surface area contributed by atoms with Gasteiger partial charge in [0.05, 0.1) is 57.6 Å². The lowest BCUT2D eigenvalue weighted by molar-refractivity contribution is 1.18. The third kappa shape index (κ3) is 4.31. The molecule has 0 bridgehead atoms. The number of para-hydroxylation sites is 4. The van der Waals surface area contributed by atoms with Crippen molar-refractivity contribution in [3.8, 4) is 45.8 Å². The average Bonchev–Trinajstić information content (AvgIpc) is 3.70. The van der Waals surface area contributed by atoms with Crippen molar-refractivity contribution in [1.82, 2.24) is 9.13 Å². The molecular weight excluding hydrogens is 611 g/mol. The minimum Gasteiger partial charge on any atom is -0.318 e. The Hall–Kier alpha value is -7.39. The smallest absolute Gasteiger partial charge is 0.211 e. The summed E-state index contributed by atoms with van der Waals surface area (Å²) in [6.07, 6.45) is 0. The molecular formula is C45H25N5. The van der Waals surface area contributed by atoms with Crippen LogP contribution in [0.5, 0.6) is 0 Å². The van der Waals surface area contributed by atoms with Gasteiger partial charge in [-0.3, -0.25) is 0 Å². The topological polar surface area (TPSA) is 61.8 Å². The number of hydrogen-bond donors (Lipinski definition) is 0. The van der Waals surface area contributed by atoms with Gasteiger partial charge in [-0.2, -0.15) is 10.5 Å². The van der Waals surface area contributed by atoms with Crippen LogP contribution in [0.1, 0.15) is 11.1 Å². The van der Waals surface area contributed by atoms with Gasteiger partial charge in [0, 0.05) is 27.2 Å². The highest BCUT2D eigenvalue weighted by Crippen LogP contribution is 2.44. The lowest BCUT2D eigenvalue weighted by atomic mass is 9.91. The SMILES string of the molecule is [C-]#[N+]c1cccc(-c2cc(C#N)ccc2-c2cccc(-n3c4ccccc4c4cc(C#N)ccc43)c2)c1-n1c2ccccc2c2ccccc21. The maximum absolute atomic E-state index is 10.1. The Labute approximate surface area is 288 Å². The first-order chi connectivity index (χ1) is 24.7. The highest BCUT2D eigenvalue weighted by atomic mass is 15.0. The van der Waals surface area contributed by atoms with Crippen LogP contribution < -0.4 is 0 Å². The molecule has 7 aromatic carbocycles. The third-order valence-electron chi connectivity index (χ3n) is 9.59. The third-order valence-corrected chi connectivity index (χ3v) is 9.59. The van der Waals surface area contributed by atoms with Gasteiger partial charge in [-0.15, -0.1) is 0 Å². The summed E-state index contributed by atoms with van der Waals surface area (Å²) in [5, 5.41) is 24.0. The summed E-state index contributed by atoms with van der Waals surface area (Å²) in [7, 11) is 0. The summed E-state index contributed by atoms with van der Waals surface area (Å²) < 4.78 is 4.43. The molecule has 50 heavy (non-hydrogen) atoms. The normalized spacial score (nSPS) is 11.1. The molecule has 0 radical (unpaired) electrons. The van der Waals surface area contributed by atoms with Gasteiger partial charge < -0.3 is 9.13 Å². The second-order valence-corrected chi connectivity index (χ2v) is 12.3. The van der Waals surface area contributed by atoms with E-state index in [4.69, 9.17) is 6.57 Å². The van der Waals surface area contributed by atoms with E-state index in [2.05, 4.69) is 92.8 Å². The van der Waals surface area contributed by atoms with Crippen LogP contribution in [0.15, 0.2) is 152 Å². The molecule has 0 saturated carbocycles. The monoisotopic (exact) mass is 635 g/mol. The zero-order valence-electron chi connectivity index (χ0n) is 26.7. The molecule has 230 valence electrons. The van der Waals surface area contributed by atoms with E-state index in [0.29, 0.717) is 16.8 Å². The fourth-order valence-corrected chi connectivity index (χ4v) is 7.46. The lowest BCUT2D eigenvalue weighted by Crippen LogP contribution is -1.99. The van der Waals surface area contributed by atoms with Crippen LogP contribution in [0.25, 0.3) is 82.1 Å². The summed E-state index contributed by atoms with van der Waals surface area (Å²) in [5.41, 5.74) is 11.2. The molecule has 0 atom stereocenters. The highest BCUT2D eigenvalue weighted by Gasteiger charge is 2.21. The molecule has 2 aromatic heterocycles. The fourth-order valence-electron chi connectivity index (χ4n) is 7.46. The van der Waals surface area contributed by atoms with E-state index in [1.54, 1.807) is 0 Å². The van der Waals surface area contributed by atoms with E-state index in [1.807, 2.05) is 84.9 Å². The summed E-state index contributed by atoms with van der Waals surface area (Å²) >= 11 is 0. The van der Waals surface area contributed by atoms with Crippen LogP contribution in [-0.2, 0) is 0 Å². The van der Waals surface area contributed by atoms with Crippen LogP contribution in [-0.4, -0.2) is 9.13 Å². The van der Waals surface area contributed by atoms with Crippen LogP contribution in [0, 0.1) is 29.2 Å². The zero-order valence-corrected chi connectivity index (χ0v) is 26.7. The molecule has 5 nitrogen and oxygen atoms in total. The summed E-state index contributed by atoms with van der Waals surface area (Å²) in [5.74, 6) is 0. The van der Waals surface area contributed by atoms with Gasteiger partial charge >= 0.3 is 0 Å². The van der Waals surface area contributed by atoms with Crippen molar-refractivity contribution < 1.29 is 0 Å². The van der Waals surface area contributed by atoms with Gasteiger partial charge in [0.1, 0.15) is 0 Å². The Morgan fingerprint density at radius 3 is 1.72 bits per heavy atom. The Bertz CT molecular complexity index is 2920. The van der Waals surface area contributed by atoms with Crippen LogP contribution >= 0.6 is 0 Å². The molecule has 0 spiro atoms. The highest BCUT2D eigenvalue weighted by molar-refractivity contribution is 6.11. The number of nitrogens with zero attached hydrogens (tertiary/aromatic N) is 5. The maximum Gasteiger partial charge on any atom is 0.211 e. The average molecular weight is 636 g/mol. The number of nitriles is 2. The Morgan fingerprint density at radius 2 is 1.04 bits per heavy atom.